The molecule has 0 bridgehead atoms. The van der Waals surface area contributed by atoms with Crippen molar-refractivity contribution in [1.82, 2.24) is 9.34 Å². The first-order chi connectivity index (χ1) is 12.9. The zero-order chi connectivity index (χ0) is 22.0. The van der Waals surface area contributed by atoms with Crippen molar-refractivity contribution in [2.24, 2.45) is 0 Å². The molecule has 0 aliphatic rings. The van der Waals surface area contributed by atoms with Gasteiger partial charge < -0.3 is 9.26 Å². The molecule has 0 saturated carbocycles. The number of allylic oxidation sites excluding steroid dienone is 1. The van der Waals surface area contributed by atoms with Gasteiger partial charge in [0.2, 0.25) is 5.12 Å². The molecular formula is C21H43N2O3PS. The number of ether oxygens (including phenoxy) is 1. The first kappa shape index (κ1) is 28.0. The molecule has 0 saturated heterocycles. The number of carbonyl (C=O) groups is 1. The summed E-state index contributed by atoms with van der Waals surface area (Å²) in [5.74, 6) is 0.362. The number of hydrogen-bond donors (Lipinski definition) is 0. The Hall–Kier alpha value is 0.0300. The second-order valence-electron chi connectivity index (χ2n) is 8.30. The number of hydrogen-bond acceptors (Lipinski definition) is 6. The van der Waals surface area contributed by atoms with Crippen LogP contribution < -0.4 is 0 Å². The third-order valence-corrected chi connectivity index (χ3v) is 8.18. The van der Waals surface area contributed by atoms with Crippen LogP contribution in [0.1, 0.15) is 76.2 Å². The van der Waals surface area contributed by atoms with Gasteiger partial charge >= 0.3 is 0 Å². The van der Waals surface area contributed by atoms with E-state index in [0.717, 1.165) is 11.1 Å². The minimum absolute atomic E-state index is 0.0831. The van der Waals surface area contributed by atoms with Gasteiger partial charge in [-0.15, -0.1) is 0 Å². The Balaban J connectivity index is 4.82. The highest BCUT2D eigenvalue weighted by atomic mass is 32.2. The van der Waals surface area contributed by atoms with Crippen LogP contribution in [0.2, 0.25) is 0 Å². The Bertz CT molecular complexity index is 456. The highest BCUT2D eigenvalue weighted by Gasteiger charge is 2.34. The predicted molar refractivity (Wildman–Crippen MR) is 125 cm³/mol. The van der Waals surface area contributed by atoms with Gasteiger partial charge in [-0.3, -0.25) is 4.79 Å². The van der Waals surface area contributed by atoms with Crippen LogP contribution in [0.5, 0.6) is 0 Å². The van der Waals surface area contributed by atoms with E-state index in [4.69, 9.17) is 9.26 Å². The molecule has 0 aromatic carbocycles. The molecule has 0 fully saturated rings. The second-order valence-corrected chi connectivity index (χ2v) is 10.9. The monoisotopic (exact) mass is 434 g/mol. The maximum atomic E-state index is 12.0. The van der Waals surface area contributed by atoms with Crippen LogP contribution >= 0.6 is 20.2 Å². The van der Waals surface area contributed by atoms with Gasteiger partial charge in [0.15, 0.2) is 8.45 Å². The maximum Gasteiger partial charge on any atom is 0.217 e. The Morgan fingerprint density at radius 2 is 1.25 bits per heavy atom. The van der Waals surface area contributed by atoms with E-state index in [1.807, 2.05) is 20.8 Å². The fourth-order valence-corrected chi connectivity index (χ4v) is 5.93. The summed E-state index contributed by atoms with van der Waals surface area (Å²) in [7, 11) is -0.892. The molecule has 28 heavy (non-hydrogen) atoms. The minimum Gasteiger partial charge on any atom is -0.368 e. The highest BCUT2D eigenvalue weighted by Crippen LogP contribution is 2.50. The number of rotatable bonds is 13. The number of carbonyl (C=O) groups excluding carboxylic acids is 1. The van der Waals surface area contributed by atoms with E-state index in [2.05, 4.69) is 64.7 Å². The quantitative estimate of drug-likeness (QED) is 0.152. The van der Waals surface area contributed by atoms with Gasteiger partial charge in [-0.25, -0.2) is 9.34 Å². The average Bonchev–Trinajstić information content (AvgIpc) is 2.55. The standard InChI is InChI=1S/C21H43N2O3PS/c1-15(2)20(11)21(24)28-14-25-12-13-26-27(22(16(3)4)17(5)6)23(18(7)8)19(9)10/h16-19H,12-14H2,1-11H3. The molecule has 0 heterocycles. The van der Waals surface area contributed by atoms with E-state index in [9.17, 15) is 4.79 Å². The van der Waals surface area contributed by atoms with Crippen LogP contribution in [-0.2, 0) is 14.1 Å². The topological polar surface area (TPSA) is 42.0 Å². The van der Waals surface area contributed by atoms with Crippen LogP contribution in [0, 0.1) is 0 Å². The molecule has 0 amide bonds. The molecule has 0 spiro atoms. The molecular weight excluding hydrogens is 391 g/mol. The van der Waals surface area contributed by atoms with Crippen molar-refractivity contribution in [3.8, 4) is 0 Å². The summed E-state index contributed by atoms with van der Waals surface area (Å²) in [4.78, 5) is 12.0. The molecule has 5 nitrogen and oxygen atoms in total. The molecule has 7 heteroatoms. The molecule has 0 atom stereocenters. The molecule has 0 aromatic rings. The lowest BCUT2D eigenvalue weighted by Gasteiger charge is -2.45. The lowest BCUT2D eigenvalue weighted by atomic mass is 10.2. The van der Waals surface area contributed by atoms with Crippen molar-refractivity contribution in [1.29, 1.82) is 0 Å². The molecule has 0 N–H and O–H groups in total. The van der Waals surface area contributed by atoms with E-state index >= 15 is 0 Å². The Morgan fingerprint density at radius 3 is 1.61 bits per heavy atom. The van der Waals surface area contributed by atoms with Gasteiger partial charge in [-0.1, -0.05) is 17.3 Å². The van der Waals surface area contributed by atoms with Gasteiger partial charge in [0, 0.05) is 29.7 Å². The van der Waals surface area contributed by atoms with Crippen molar-refractivity contribution in [3.63, 3.8) is 0 Å². The SMILES string of the molecule is CC(C)=C(C)C(=O)SCOCCOP(N(C(C)C)C(C)C)N(C(C)C)C(C)C. The minimum atomic E-state index is -0.892. The molecule has 166 valence electrons. The molecule has 0 aromatic heterocycles. The van der Waals surface area contributed by atoms with Crippen LogP contribution in [0.4, 0.5) is 0 Å². The molecule has 0 unspecified atom stereocenters. The normalized spacial score (nSPS) is 12.5. The second kappa shape index (κ2) is 14.1. The lowest BCUT2D eigenvalue weighted by Crippen LogP contribution is -2.43. The first-order valence-electron chi connectivity index (χ1n) is 10.3. The molecule has 0 radical (unpaired) electrons. The van der Waals surface area contributed by atoms with Crippen LogP contribution in [0.3, 0.4) is 0 Å². The van der Waals surface area contributed by atoms with Gasteiger partial charge in [-0.2, -0.15) is 0 Å². The van der Waals surface area contributed by atoms with E-state index in [0.29, 0.717) is 43.3 Å². The van der Waals surface area contributed by atoms with E-state index in [1.165, 1.54) is 11.8 Å². The molecule has 0 aliphatic heterocycles. The third-order valence-electron chi connectivity index (χ3n) is 4.28. The summed E-state index contributed by atoms with van der Waals surface area (Å²) in [5.41, 5.74) is 1.86. The van der Waals surface area contributed by atoms with Gasteiger partial charge in [0.25, 0.3) is 0 Å². The van der Waals surface area contributed by atoms with Crippen molar-refractivity contribution >= 4 is 25.3 Å². The van der Waals surface area contributed by atoms with Crippen molar-refractivity contribution in [3.05, 3.63) is 11.1 Å². The van der Waals surface area contributed by atoms with Gasteiger partial charge in [0.05, 0.1) is 19.2 Å². The third kappa shape index (κ3) is 9.69. The summed E-state index contributed by atoms with van der Waals surface area (Å²) in [6.07, 6.45) is 0. The van der Waals surface area contributed by atoms with Crippen molar-refractivity contribution in [2.75, 3.05) is 19.2 Å². The Morgan fingerprint density at radius 1 is 0.821 bits per heavy atom. The smallest absolute Gasteiger partial charge is 0.217 e. The molecule has 0 rings (SSSR count). The van der Waals surface area contributed by atoms with Gasteiger partial charge in [0.1, 0.15) is 0 Å². The van der Waals surface area contributed by atoms with E-state index < -0.39 is 8.45 Å². The fourth-order valence-electron chi connectivity index (χ4n) is 2.88. The zero-order valence-corrected chi connectivity index (χ0v) is 21.6. The number of thioether (sulfide) groups is 1. The summed E-state index contributed by atoms with van der Waals surface area (Å²) in [6, 6.07) is 1.58. The Labute approximate surface area is 179 Å². The molecule has 0 aliphatic carbocycles. The van der Waals surface area contributed by atoms with Crippen molar-refractivity contribution < 1.29 is 14.1 Å². The summed E-state index contributed by atoms with van der Waals surface area (Å²) in [5, 5.41) is 0.0831. The number of nitrogens with zero attached hydrogens (tertiary/aromatic N) is 2. The van der Waals surface area contributed by atoms with E-state index in [-0.39, 0.29) is 5.12 Å². The zero-order valence-electron chi connectivity index (χ0n) is 19.9. The van der Waals surface area contributed by atoms with E-state index in [1.54, 1.807) is 0 Å². The summed E-state index contributed by atoms with van der Waals surface area (Å²) < 4.78 is 17.0. The average molecular weight is 435 g/mol. The van der Waals surface area contributed by atoms with Crippen LogP contribution in [0.15, 0.2) is 11.1 Å². The largest absolute Gasteiger partial charge is 0.368 e. The van der Waals surface area contributed by atoms with Crippen LogP contribution in [-0.4, -0.2) is 57.8 Å². The maximum absolute atomic E-state index is 12.0. The summed E-state index contributed by atoms with van der Waals surface area (Å²) >= 11 is 1.21. The van der Waals surface area contributed by atoms with Crippen molar-refractivity contribution in [2.45, 2.75) is 100 Å². The predicted octanol–water partition coefficient (Wildman–Crippen LogP) is 6.06. The fraction of sp³-hybridized carbons (Fsp3) is 0.857. The summed E-state index contributed by atoms with van der Waals surface area (Å²) in [6.45, 7) is 24.6. The lowest BCUT2D eigenvalue weighted by molar-refractivity contribution is -0.108. The highest BCUT2D eigenvalue weighted by molar-refractivity contribution is 8.14. The van der Waals surface area contributed by atoms with Crippen LogP contribution in [0.25, 0.3) is 0 Å². The Kier molecular flexibility index (Phi) is 14.1. The van der Waals surface area contributed by atoms with Gasteiger partial charge in [-0.05, 0) is 76.2 Å². The first-order valence-corrected chi connectivity index (χ1v) is 12.4.